The second kappa shape index (κ2) is 6.01. The highest BCUT2D eigenvalue weighted by atomic mass is 19.1. The highest BCUT2D eigenvalue weighted by Gasteiger charge is 2.24. The van der Waals surface area contributed by atoms with Gasteiger partial charge in [-0.3, -0.25) is 0 Å². The molecule has 18 heavy (non-hydrogen) atoms. The number of hydrogen-bond donors (Lipinski definition) is 1. The molecule has 1 aromatic rings. The number of ether oxygens (including phenoxy) is 1. The first kappa shape index (κ1) is 14.0. The van der Waals surface area contributed by atoms with Gasteiger partial charge in [0.25, 0.3) is 0 Å². The third kappa shape index (κ3) is 2.98. The Labute approximate surface area is 105 Å². The minimum absolute atomic E-state index is 0.0488. The zero-order chi connectivity index (χ0) is 13.7. The number of carbonyl (C=O) groups is 1. The lowest BCUT2D eigenvalue weighted by molar-refractivity contribution is -0.142. The number of halogens is 1. The fourth-order valence-electron chi connectivity index (χ4n) is 1.55. The van der Waals surface area contributed by atoms with Crippen molar-refractivity contribution in [1.29, 1.82) is 5.26 Å². The third-order valence-corrected chi connectivity index (χ3v) is 2.56. The molecule has 0 heterocycles. The predicted octanol–water partition coefficient (Wildman–Crippen LogP) is 2.31. The van der Waals surface area contributed by atoms with Crippen LogP contribution in [0.5, 0.6) is 0 Å². The van der Waals surface area contributed by atoms with Crippen LogP contribution in [-0.4, -0.2) is 19.1 Å². The van der Waals surface area contributed by atoms with Crippen LogP contribution in [0.2, 0.25) is 0 Å². The van der Waals surface area contributed by atoms with E-state index in [9.17, 15) is 9.18 Å². The summed E-state index contributed by atoms with van der Waals surface area (Å²) in [6.45, 7) is 3.67. The summed E-state index contributed by atoms with van der Waals surface area (Å²) in [6, 6.07) is 5.39. The maximum absolute atomic E-state index is 13.4. The molecule has 1 aromatic carbocycles. The van der Waals surface area contributed by atoms with Gasteiger partial charge in [0.2, 0.25) is 0 Å². The molecule has 1 unspecified atom stereocenters. The maximum atomic E-state index is 13.4. The van der Waals surface area contributed by atoms with E-state index in [4.69, 9.17) is 5.26 Å². The normalized spacial score (nSPS) is 11.8. The van der Waals surface area contributed by atoms with Crippen molar-refractivity contribution < 1.29 is 13.9 Å². The second-order valence-electron chi connectivity index (χ2n) is 4.16. The molecule has 0 bridgehead atoms. The largest absolute Gasteiger partial charge is 0.467 e. The number of nitriles is 1. The Morgan fingerprint density at radius 2 is 2.17 bits per heavy atom. The fourth-order valence-corrected chi connectivity index (χ4v) is 1.55. The lowest BCUT2D eigenvalue weighted by Gasteiger charge is -2.21. The first-order valence-corrected chi connectivity index (χ1v) is 5.54. The molecule has 0 fully saturated rings. The van der Waals surface area contributed by atoms with Gasteiger partial charge >= 0.3 is 5.97 Å². The van der Waals surface area contributed by atoms with E-state index in [1.165, 1.54) is 19.2 Å². The summed E-state index contributed by atoms with van der Waals surface area (Å²) in [4.78, 5) is 11.6. The smallest absolute Gasteiger partial charge is 0.328 e. The molecule has 4 nitrogen and oxygen atoms in total. The van der Waals surface area contributed by atoms with E-state index in [-0.39, 0.29) is 11.5 Å². The number of rotatable bonds is 4. The molecule has 5 heteroatoms. The molecule has 96 valence electrons. The third-order valence-electron chi connectivity index (χ3n) is 2.56. The van der Waals surface area contributed by atoms with Crippen molar-refractivity contribution >= 4 is 11.7 Å². The lowest BCUT2D eigenvalue weighted by atomic mass is 10.0. The van der Waals surface area contributed by atoms with Gasteiger partial charge in [0, 0.05) is 0 Å². The number of benzene rings is 1. The minimum atomic E-state index is -0.621. The molecule has 0 aromatic heterocycles. The Balaban J connectivity index is 3.06. The number of nitrogens with zero attached hydrogens (tertiary/aromatic N) is 1. The molecule has 0 saturated carbocycles. The van der Waals surface area contributed by atoms with E-state index in [0.29, 0.717) is 5.69 Å². The average Bonchev–Trinajstić information content (AvgIpc) is 2.34. The summed E-state index contributed by atoms with van der Waals surface area (Å²) in [5, 5.41) is 11.8. The van der Waals surface area contributed by atoms with Crippen molar-refractivity contribution in [3.8, 4) is 6.07 Å². The molecule has 1 rings (SSSR count). The number of carbonyl (C=O) groups excluding carboxylic acids is 1. The Morgan fingerprint density at radius 1 is 1.50 bits per heavy atom. The molecule has 0 aliphatic heterocycles. The zero-order valence-corrected chi connectivity index (χ0v) is 10.5. The van der Waals surface area contributed by atoms with E-state index in [1.807, 2.05) is 13.8 Å². The van der Waals surface area contributed by atoms with Crippen LogP contribution >= 0.6 is 0 Å². The van der Waals surface area contributed by atoms with Gasteiger partial charge < -0.3 is 10.1 Å². The van der Waals surface area contributed by atoms with Gasteiger partial charge in [0.1, 0.15) is 23.5 Å². The van der Waals surface area contributed by atoms with Crippen LogP contribution in [0.4, 0.5) is 10.1 Å². The highest BCUT2D eigenvalue weighted by Crippen LogP contribution is 2.20. The molecule has 0 spiro atoms. The lowest BCUT2D eigenvalue weighted by Crippen LogP contribution is -2.35. The summed E-state index contributed by atoms with van der Waals surface area (Å²) < 4.78 is 18.1. The molecule has 0 aliphatic carbocycles. The first-order chi connectivity index (χ1) is 8.51. The maximum Gasteiger partial charge on any atom is 0.328 e. The minimum Gasteiger partial charge on any atom is -0.467 e. The van der Waals surface area contributed by atoms with Gasteiger partial charge in [-0.05, 0) is 18.1 Å². The van der Waals surface area contributed by atoms with Crippen LogP contribution < -0.4 is 5.32 Å². The van der Waals surface area contributed by atoms with Gasteiger partial charge in [-0.15, -0.1) is 0 Å². The van der Waals surface area contributed by atoms with Crippen molar-refractivity contribution in [2.75, 3.05) is 12.4 Å². The summed E-state index contributed by atoms with van der Waals surface area (Å²) in [5.41, 5.74) is 0.189. The molecule has 0 radical (unpaired) electrons. The van der Waals surface area contributed by atoms with Gasteiger partial charge in [-0.2, -0.15) is 5.26 Å². The predicted molar refractivity (Wildman–Crippen MR) is 65.4 cm³/mol. The molecular weight excluding hydrogens is 235 g/mol. The molecule has 0 saturated heterocycles. The Bertz CT molecular complexity index is 480. The van der Waals surface area contributed by atoms with E-state index in [2.05, 4.69) is 10.1 Å². The van der Waals surface area contributed by atoms with E-state index < -0.39 is 17.8 Å². The fraction of sp³-hybridized carbons (Fsp3) is 0.385. The van der Waals surface area contributed by atoms with Gasteiger partial charge in [-0.25, -0.2) is 9.18 Å². The van der Waals surface area contributed by atoms with Crippen molar-refractivity contribution in [2.24, 2.45) is 5.92 Å². The number of hydrogen-bond acceptors (Lipinski definition) is 4. The van der Waals surface area contributed by atoms with Crippen LogP contribution in [0, 0.1) is 23.1 Å². The van der Waals surface area contributed by atoms with Crippen LogP contribution in [0.3, 0.4) is 0 Å². The van der Waals surface area contributed by atoms with E-state index >= 15 is 0 Å². The van der Waals surface area contributed by atoms with Crippen LogP contribution in [-0.2, 0) is 9.53 Å². The molecule has 1 N–H and O–H groups in total. The van der Waals surface area contributed by atoms with Crippen molar-refractivity contribution in [3.63, 3.8) is 0 Å². The SMILES string of the molecule is COC(=O)C(Nc1cccc(F)c1C#N)C(C)C. The van der Waals surface area contributed by atoms with Gasteiger partial charge in [0.05, 0.1) is 12.8 Å². The van der Waals surface area contributed by atoms with Crippen LogP contribution in [0.1, 0.15) is 19.4 Å². The zero-order valence-electron chi connectivity index (χ0n) is 10.5. The highest BCUT2D eigenvalue weighted by molar-refractivity contribution is 5.80. The van der Waals surface area contributed by atoms with Crippen LogP contribution in [0.15, 0.2) is 18.2 Å². The Hall–Kier alpha value is -2.09. The van der Waals surface area contributed by atoms with Crippen molar-refractivity contribution in [3.05, 3.63) is 29.6 Å². The molecule has 1 atom stereocenters. The number of nitrogens with one attached hydrogen (secondary N) is 1. The van der Waals surface area contributed by atoms with Crippen molar-refractivity contribution in [2.45, 2.75) is 19.9 Å². The molecule has 0 aliphatic rings. The number of methoxy groups -OCH3 is 1. The summed E-state index contributed by atoms with van der Waals surface area (Å²) in [6.07, 6.45) is 0. The second-order valence-corrected chi connectivity index (χ2v) is 4.16. The summed E-state index contributed by atoms with van der Waals surface area (Å²) >= 11 is 0. The Morgan fingerprint density at radius 3 is 2.67 bits per heavy atom. The summed E-state index contributed by atoms with van der Waals surface area (Å²) in [5.74, 6) is -1.11. The quantitative estimate of drug-likeness (QED) is 0.833. The van der Waals surface area contributed by atoms with E-state index in [1.54, 1.807) is 12.1 Å². The number of anilines is 1. The van der Waals surface area contributed by atoms with Crippen molar-refractivity contribution in [1.82, 2.24) is 0 Å². The average molecular weight is 250 g/mol. The van der Waals surface area contributed by atoms with Gasteiger partial charge in [-0.1, -0.05) is 19.9 Å². The monoisotopic (exact) mass is 250 g/mol. The summed E-state index contributed by atoms with van der Waals surface area (Å²) in [7, 11) is 1.29. The first-order valence-electron chi connectivity index (χ1n) is 5.54. The standard InChI is InChI=1S/C13H15FN2O2/c1-8(2)12(13(17)18-3)16-11-6-4-5-10(14)9(11)7-15/h4-6,8,12,16H,1-3H3. The van der Waals surface area contributed by atoms with E-state index in [0.717, 1.165) is 0 Å². The van der Waals surface area contributed by atoms with Gasteiger partial charge in [0.15, 0.2) is 0 Å². The molecule has 0 amide bonds. The van der Waals surface area contributed by atoms with Crippen LogP contribution in [0.25, 0.3) is 0 Å². The Kier molecular flexibility index (Phi) is 4.67. The topological polar surface area (TPSA) is 62.1 Å². The number of esters is 1. The molecular formula is C13H15FN2O2.